The molecule has 1 rings (SSSR count). The van der Waals surface area contributed by atoms with Crippen LogP contribution in [-0.4, -0.2) is 36.8 Å². The van der Waals surface area contributed by atoms with Crippen molar-refractivity contribution in [1.82, 2.24) is 5.32 Å². The van der Waals surface area contributed by atoms with Crippen molar-refractivity contribution in [2.45, 2.75) is 51.9 Å². The molecule has 0 aliphatic carbocycles. The van der Waals surface area contributed by atoms with Crippen LogP contribution in [0.4, 0.5) is 4.79 Å². The first-order chi connectivity index (χ1) is 11.7. The molecule has 0 spiro atoms. The van der Waals surface area contributed by atoms with Crippen molar-refractivity contribution in [2.24, 2.45) is 0 Å². The Kier molecular flexibility index (Phi) is 7.91. The number of ether oxygens (including phenoxy) is 3. The predicted octanol–water partition coefficient (Wildman–Crippen LogP) is 2.58. The van der Waals surface area contributed by atoms with E-state index in [0.717, 1.165) is 5.56 Å². The van der Waals surface area contributed by atoms with Crippen LogP contribution in [0.1, 0.15) is 39.2 Å². The van der Waals surface area contributed by atoms with Gasteiger partial charge in [-0.05, 0) is 32.8 Å². The quantitative estimate of drug-likeness (QED) is 0.600. The molecule has 7 nitrogen and oxygen atoms in total. The number of alkyl carbamates (subject to hydrolysis) is 1. The molecule has 0 bridgehead atoms. The summed E-state index contributed by atoms with van der Waals surface area (Å²) in [6.07, 6.45) is -0.730. The highest BCUT2D eigenvalue weighted by Crippen LogP contribution is 2.11. The maximum atomic E-state index is 12.2. The highest BCUT2D eigenvalue weighted by atomic mass is 16.6. The van der Waals surface area contributed by atoms with Crippen molar-refractivity contribution in [3.63, 3.8) is 0 Å². The van der Waals surface area contributed by atoms with Gasteiger partial charge < -0.3 is 19.5 Å². The number of carbonyl (C=O) groups excluding carboxylic acids is 3. The van der Waals surface area contributed by atoms with E-state index in [1.54, 1.807) is 20.8 Å². The number of hydrogen-bond acceptors (Lipinski definition) is 6. The van der Waals surface area contributed by atoms with E-state index in [2.05, 4.69) is 10.1 Å². The minimum absolute atomic E-state index is 0.0284. The van der Waals surface area contributed by atoms with E-state index in [-0.39, 0.29) is 19.4 Å². The maximum absolute atomic E-state index is 12.2. The Hall–Kier alpha value is -2.57. The number of esters is 2. The number of methoxy groups -OCH3 is 1. The Bertz CT molecular complexity index is 579. The van der Waals surface area contributed by atoms with Crippen LogP contribution in [0, 0.1) is 0 Å². The van der Waals surface area contributed by atoms with Crippen LogP contribution in [0.25, 0.3) is 0 Å². The fourth-order valence-corrected chi connectivity index (χ4v) is 1.89. The maximum Gasteiger partial charge on any atom is 0.408 e. The zero-order valence-corrected chi connectivity index (χ0v) is 15.0. The molecule has 1 amide bonds. The normalized spacial score (nSPS) is 12.0. The summed E-state index contributed by atoms with van der Waals surface area (Å²) < 4.78 is 14.9. The van der Waals surface area contributed by atoms with Gasteiger partial charge in [-0.1, -0.05) is 30.3 Å². The van der Waals surface area contributed by atoms with Gasteiger partial charge in [0.1, 0.15) is 18.2 Å². The molecule has 0 saturated carbocycles. The highest BCUT2D eigenvalue weighted by Gasteiger charge is 2.27. The summed E-state index contributed by atoms with van der Waals surface area (Å²) in [6.45, 7) is 5.23. The Morgan fingerprint density at radius 3 is 2.32 bits per heavy atom. The summed E-state index contributed by atoms with van der Waals surface area (Å²) >= 11 is 0. The minimum Gasteiger partial charge on any atom is -0.469 e. The standard InChI is InChI=1S/C18H25NO6/c1-18(2,3)25-16(21)14(10-11-15(20)23-4)19-17(22)24-12-13-8-6-5-7-9-13/h5-9,14H,10-12H2,1-4H3,(H,19,22)/t14-/m0/s1. The van der Waals surface area contributed by atoms with Gasteiger partial charge in [0.2, 0.25) is 0 Å². The summed E-state index contributed by atoms with van der Waals surface area (Å²) in [6, 6.07) is 8.15. The van der Waals surface area contributed by atoms with E-state index in [4.69, 9.17) is 9.47 Å². The van der Waals surface area contributed by atoms with Gasteiger partial charge >= 0.3 is 18.0 Å². The Morgan fingerprint density at radius 2 is 1.76 bits per heavy atom. The van der Waals surface area contributed by atoms with Crippen molar-refractivity contribution in [1.29, 1.82) is 0 Å². The smallest absolute Gasteiger partial charge is 0.408 e. The first kappa shape index (κ1) is 20.5. The van der Waals surface area contributed by atoms with E-state index in [0.29, 0.717) is 0 Å². The first-order valence-corrected chi connectivity index (χ1v) is 7.98. The molecular weight excluding hydrogens is 326 g/mol. The van der Waals surface area contributed by atoms with Crippen LogP contribution in [-0.2, 0) is 30.4 Å². The summed E-state index contributed by atoms with van der Waals surface area (Å²) in [5.41, 5.74) is 0.108. The molecule has 0 unspecified atom stereocenters. The van der Waals surface area contributed by atoms with Crippen LogP contribution < -0.4 is 5.32 Å². The van der Waals surface area contributed by atoms with E-state index < -0.39 is 29.7 Å². The second kappa shape index (κ2) is 9.66. The second-order valence-corrected chi connectivity index (χ2v) is 6.41. The predicted molar refractivity (Wildman–Crippen MR) is 90.6 cm³/mol. The van der Waals surface area contributed by atoms with Gasteiger partial charge in [-0.2, -0.15) is 0 Å². The molecule has 1 atom stereocenters. The molecule has 7 heteroatoms. The molecule has 0 fully saturated rings. The fraction of sp³-hybridized carbons (Fsp3) is 0.500. The van der Waals surface area contributed by atoms with Crippen molar-refractivity contribution >= 4 is 18.0 Å². The van der Waals surface area contributed by atoms with Crippen LogP contribution in [0.3, 0.4) is 0 Å². The number of hydrogen-bond donors (Lipinski definition) is 1. The summed E-state index contributed by atoms with van der Waals surface area (Å²) in [4.78, 5) is 35.5. The number of nitrogens with one attached hydrogen (secondary N) is 1. The number of benzene rings is 1. The Morgan fingerprint density at radius 1 is 1.12 bits per heavy atom. The molecule has 0 aliphatic heterocycles. The number of amides is 1. The molecule has 0 heterocycles. The SMILES string of the molecule is COC(=O)CC[C@H](NC(=O)OCc1ccccc1)C(=O)OC(C)(C)C. The largest absolute Gasteiger partial charge is 0.469 e. The lowest BCUT2D eigenvalue weighted by molar-refractivity contribution is -0.157. The molecule has 0 aliphatic rings. The molecule has 25 heavy (non-hydrogen) atoms. The zero-order chi connectivity index (χ0) is 18.9. The highest BCUT2D eigenvalue weighted by molar-refractivity contribution is 5.82. The molecule has 0 aromatic heterocycles. The minimum atomic E-state index is -0.999. The molecule has 0 saturated heterocycles. The van der Waals surface area contributed by atoms with Gasteiger partial charge in [-0.3, -0.25) is 4.79 Å². The van der Waals surface area contributed by atoms with Gasteiger partial charge in [-0.25, -0.2) is 9.59 Å². The monoisotopic (exact) mass is 351 g/mol. The van der Waals surface area contributed by atoms with Crippen LogP contribution >= 0.6 is 0 Å². The molecule has 1 N–H and O–H groups in total. The Balaban J connectivity index is 2.62. The summed E-state index contributed by atoms with van der Waals surface area (Å²) in [7, 11) is 1.26. The molecule has 1 aromatic carbocycles. The third kappa shape index (κ3) is 8.74. The fourth-order valence-electron chi connectivity index (χ4n) is 1.89. The topological polar surface area (TPSA) is 90.9 Å². The number of rotatable bonds is 7. The molecule has 1 aromatic rings. The van der Waals surface area contributed by atoms with E-state index in [9.17, 15) is 14.4 Å². The lowest BCUT2D eigenvalue weighted by Crippen LogP contribution is -2.44. The van der Waals surface area contributed by atoms with E-state index >= 15 is 0 Å². The Labute approximate surface area is 147 Å². The zero-order valence-electron chi connectivity index (χ0n) is 15.0. The van der Waals surface area contributed by atoms with Crippen LogP contribution in [0.5, 0.6) is 0 Å². The second-order valence-electron chi connectivity index (χ2n) is 6.41. The van der Waals surface area contributed by atoms with Gasteiger partial charge in [0.05, 0.1) is 7.11 Å². The van der Waals surface area contributed by atoms with E-state index in [1.165, 1.54) is 7.11 Å². The first-order valence-electron chi connectivity index (χ1n) is 7.98. The molecular formula is C18H25NO6. The summed E-state index contributed by atoms with van der Waals surface area (Å²) in [5, 5.41) is 2.45. The molecule has 138 valence electrons. The van der Waals surface area contributed by atoms with E-state index in [1.807, 2.05) is 30.3 Å². The van der Waals surface area contributed by atoms with Gasteiger partial charge in [0.25, 0.3) is 0 Å². The van der Waals surface area contributed by atoms with Crippen LogP contribution in [0.2, 0.25) is 0 Å². The van der Waals surface area contributed by atoms with Crippen molar-refractivity contribution < 1.29 is 28.6 Å². The van der Waals surface area contributed by atoms with Crippen molar-refractivity contribution in [2.75, 3.05) is 7.11 Å². The number of carbonyl (C=O) groups is 3. The third-order valence-electron chi connectivity index (χ3n) is 3.06. The van der Waals surface area contributed by atoms with Gasteiger partial charge in [0, 0.05) is 6.42 Å². The van der Waals surface area contributed by atoms with Gasteiger partial charge in [-0.15, -0.1) is 0 Å². The van der Waals surface area contributed by atoms with Crippen LogP contribution in [0.15, 0.2) is 30.3 Å². The van der Waals surface area contributed by atoms with Gasteiger partial charge in [0.15, 0.2) is 0 Å². The van der Waals surface area contributed by atoms with Crippen molar-refractivity contribution in [3.05, 3.63) is 35.9 Å². The third-order valence-corrected chi connectivity index (χ3v) is 3.06. The average molecular weight is 351 g/mol. The van der Waals surface area contributed by atoms with Crippen molar-refractivity contribution in [3.8, 4) is 0 Å². The molecule has 0 radical (unpaired) electrons. The lowest BCUT2D eigenvalue weighted by atomic mass is 10.1. The average Bonchev–Trinajstić information content (AvgIpc) is 2.55. The summed E-state index contributed by atoms with van der Waals surface area (Å²) in [5.74, 6) is -1.11. The lowest BCUT2D eigenvalue weighted by Gasteiger charge is -2.24.